The molecule has 364 valence electrons. The maximum Gasteiger partial charge on any atom is 0.254 e. The van der Waals surface area contributed by atoms with Crippen molar-refractivity contribution in [3.05, 3.63) is 159 Å². The van der Waals surface area contributed by atoms with Crippen molar-refractivity contribution in [3.8, 4) is 11.3 Å². The number of nitrogens with two attached hydrogens (primary N) is 2. The molecule has 17 heteroatoms. The van der Waals surface area contributed by atoms with E-state index in [1.807, 2.05) is 42.6 Å². The number of allylic oxidation sites excluding steroid dienone is 1. The molecule has 4 aromatic carbocycles. The number of nitrogens with zero attached hydrogens (tertiary/aromatic N) is 4. The van der Waals surface area contributed by atoms with E-state index in [-0.39, 0.29) is 61.5 Å². The molecule has 0 spiro atoms. The van der Waals surface area contributed by atoms with Crippen molar-refractivity contribution in [2.45, 2.75) is 96.8 Å². The number of carbonyl (C=O) groups is 2. The topological polar surface area (TPSA) is 202 Å². The Hall–Kier alpha value is -7.10. The third kappa shape index (κ3) is 11.7. The lowest BCUT2D eigenvalue weighted by Crippen LogP contribution is -2.42. The SMILES string of the molecule is C.C.Nc1ccc(C(=O)N[C@H]2CCC[C@@H](Nc3ncc(Cl)c(-c4c[nH]c5ccccc45)n3)C2)c(F)c1.Nc1ccc(C(=O)N[C@H]2CCC[C@@H](Nc3ncc(Cl)c(C4=CCc5ccccc54)n3)C2)c(F)c1. The first kappa shape index (κ1) is 50.8. The summed E-state index contributed by atoms with van der Waals surface area (Å²) < 4.78 is 28.2. The number of fused-ring (bicyclic) bond motifs is 2. The molecule has 3 aliphatic rings. The highest BCUT2D eigenvalue weighted by Crippen LogP contribution is 2.36. The first-order valence-electron chi connectivity index (χ1n) is 22.6. The number of aromatic nitrogens is 5. The summed E-state index contributed by atoms with van der Waals surface area (Å²) in [4.78, 5) is 46.6. The van der Waals surface area contributed by atoms with Gasteiger partial charge in [-0.15, -0.1) is 0 Å². The van der Waals surface area contributed by atoms with Gasteiger partial charge in [-0.05, 0) is 111 Å². The number of amides is 2. The van der Waals surface area contributed by atoms with E-state index < -0.39 is 23.4 Å². The molecule has 0 aliphatic heterocycles. The molecule has 2 amide bonds. The zero-order valence-electron chi connectivity index (χ0n) is 36.8. The number of para-hydroxylation sites is 1. The second-order valence-electron chi connectivity index (χ2n) is 17.3. The number of aromatic amines is 1. The van der Waals surface area contributed by atoms with E-state index >= 15 is 0 Å². The van der Waals surface area contributed by atoms with E-state index in [1.54, 1.807) is 12.4 Å². The van der Waals surface area contributed by atoms with Gasteiger partial charge in [-0.3, -0.25) is 9.59 Å². The Morgan fingerprint density at radius 2 is 1.16 bits per heavy atom. The Bertz CT molecular complexity index is 3040. The Kier molecular flexibility index (Phi) is 16.4. The molecule has 13 nitrogen and oxygen atoms in total. The predicted molar refractivity (Wildman–Crippen MR) is 278 cm³/mol. The van der Waals surface area contributed by atoms with Gasteiger partial charge >= 0.3 is 0 Å². The number of nitrogen functional groups attached to an aromatic ring is 2. The van der Waals surface area contributed by atoms with Crippen molar-refractivity contribution < 1.29 is 18.4 Å². The third-order valence-electron chi connectivity index (χ3n) is 12.6. The molecule has 9 N–H and O–H groups in total. The van der Waals surface area contributed by atoms with Crippen LogP contribution < -0.4 is 32.7 Å². The normalized spacial score (nSPS) is 18.1. The van der Waals surface area contributed by atoms with Gasteiger partial charge in [-0.1, -0.05) is 86.6 Å². The highest BCUT2D eigenvalue weighted by molar-refractivity contribution is 6.33. The van der Waals surface area contributed by atoms with Crippen LogP contribution in [-0.2, 0) is 6.42 Å². The minimum Gasteiger partial charge on any atom is -0.399 e. The zero-order valence-corrected chi connectivity index (χ0v) is 38.3. The first-order chi connectivity index (χ1) is 32.9. The lowest BCUT2D eigenvalue weighted by Gasteiger charge is -2.30. The fourth-order valence-electron chi connectivity index (χ4n) is 9.25. The second kappa shape index (κ2) is 22.5. The maximum absolute atomic E-state index is 14.1. The quantitative estimate of drug-likeness (QED) is 0.0647. The predicted octanol–water partition coefficient (Wildman–Crippen LogP) is 11.4. The molecule has 0 saturated heterocycles. The van der Waals surface area contributed by atoms with Gasteiger partial charge in [0.1, 0.15) is 11.6 Å². The molecular formula is C53H57Cl2F2N11O2. The Morgan fingerprint density at radius 1 is 0.643 bits per heavy atom. The molecule has 2 saturated carbocycles. The van der Waals surface area contributed by atoms with Crippen LogP contribution in [0, 0.1) is 11.6 Å². The fraction of sp³-hybridized carbons (Fsp3) is 0.283. The Labute approximate surface area is 416 Å². The summed E-state index contributed by atoms with van der Waals surface area (Å²) in [6.07, 6.45) is 14.8. The van der Waals surface area contributed by atoms with Crippen molar-refractivity contribution in [2.75, 3.05) is 22.1 Å². The number of anilines is 4. The summed E-state index contributed by atoms with van der Waals surface area (Å²) in [5, 5.41) is 14.7. The molecule has 3 heterocycles. The number of H-pyrrole nitrogens is 1. The molecule has 0 unspecified atom stereocenters. The Morgan fingerprint density at radius 3 is 1.74 bits per heavy atom. The maximum atomic E-state index is 14.1. The summed E-state index contributed by atoms with van der Waals surface area (Å²) in [7, 11) is 0. The molecule has 70 heavy (non-hydrogen) atoms. The van der Waals surface area contributed by atoms with Crippen LogP contribution in [0.3, 0.4) is 0 Å². The van der Waals surface area contributed by atoms with Crippen LogP contribution in [0.4, 0.5) is 32.1 Å². The van der Waals surface area contributed by atoms with Gasteiger partial charge in [0.05, 0.1) is 45.0 Å². The highest BCUT2D eigenvalue weighted by Gasteiger charge is 2.28. The number of benzene rings is 4. The van der Waals surface area contributed by atoms with E-state index in [9.17, 15) is 18.4 Å². The number of hydrogen-bond donors (Lipinski definition) is 7. The van der Waals surface area contributed by atoms with Gasteiger partial charge in [0.25, 0.3) is 11.8 Å². The lowest BCUT2D eigenvalue weighted by molar-refractivity contribution is 0.0913. The number of halogens is 4. The summed E-state index contributed by atoms with van der Waals surface area (Å²) in [5.41, 5.74) is 18.4. The summed E-state index contributed by atoms with van der Waals surface area (Å²) in [6, 6.07) is 24.4. The highest BCUT2D eigenvalue weighted by atomic mass is 35.5. The molecular weight excluding hydrogens is 932 g/mol. The van der Waals surface area contributed by atoms with Crippen LogP contribution in [0.25, 0.3) is 27.7 Å². The smallest absolute Gasteiger partial charge is 0.254 e. The van der Waals surface area contributed by atoms with Crippen LogP contribution in [0.2, 0.25) is 10.0 Å². The third-order valence-corrected chi connectivity index (χ3v) is 13.1. The van der Waals surface area contributed by atoms with Crippen LogP contribution in [0.5, 0.6) is 0 Å². The summed E-state index contributed by atoms with van der Waals surface area (Å²) >= 11 is 12.9. The van der Waals surface area contributed by atoms with Gasteiger partial charge in [0.2, 0.25) is 11.9 Å². The van der Waals surface area contributed by atoms with E-state index in [0.717, 1.165) is 84.7 Å². The van der Waals surface area contributed by atoms with Crippen LogP contribution in [0.1, 0.15) is 104 Å². The van der Waals surface area contributed by atoms with Crippen molar-refractivity contribution >= 4 is 74.8 Å². The molecule has 0 bridgehead atoms. The minimum atomic E-state index is -0.623. The minimum absolute atomic E-state index is 0. The van der Waals surface area contributed by atoms with Crippen molar-refractivity contribution in [1.29, 1.82) is 0 Å². The monoisotopic (exact) mass is 987 g/mol. The summed E-state index contributed by atoms with van der Waals surface area (Å²) in [6.45, 7) is 0. The average Bonchev–Trinajstić information content (AvgIpc) is 3.96. The molecule has 3 aromatic heterocycles. The zero-order chi connectivity index (χ0) is 47.3. The van der Waals surface area contributed by atoms with Crippen molar-refractivity contribution in [1.82, 2.24) is 35.6 Å². The first-order valence-corrected chi connectivity index (χ1v) is 23.4. The molecule has 7 aromatic rings. The van der Waals surface area contributed by atoms with Gasteiger partial charge < -0.3 is 37.7 Å². The van der Waals surface area contributed by atoms with E-state index in [2.05, 4.69) is 59.4 Å². The van der Waals surface area contributed by atoms with Crippen LogP contribution >= 0.6 is 23.2 Å². The van der Waals surface area contributed by atoms with Crippen LogP contribution in [-0.4, -0.2) is 60.9 Å². The fourth-order valence-corrected chi connectivity index (χ4v) is 9.64. The van der Waals surface area contributed by atoms with Crippen molar-refractivity contribution in [2.24, 2.45) is 0 Å². The number of carbonyl (C=O) groups excluding carboxylic acids is 2. The summed E-state index contributed by atoms with van der Waals surface area (Å²) in [5.74, 6) is -1.12. The molecule has 10 rings (SSSR count). The largest absolute Gasteiger partial charge is 0.399 e. The second-order valence-corrected chi connectivity index (χ2v) is 18.2. The van der Waals surface area contributed by atoms with Gasteiger partial charge in [0.15, 0.2) is 0 Å². The van der Waals surface area contributed by atoms with E-state index in [0.29, 0.717) is 46.2 Å². The van der Waals surface area contributed by atoms with E-state index in [4.69, 9.17) is 39.7 Å². The van der Waals surface area contributed by atoms with Gasteiger partial charge in [-0.2, -0.15) is 0 Å². The standard InChI is InChI=1S/C26H25ClFN5O.C25H24ClFN6O.2CH4/c27-22-14-30-26(33-24(22)20-10-8-15-4-1-2-7-19(15)20)32-18-6-3-5-17(13-18)31-25(34)21-11-9-16(29)12-23(21)28;26-20-13-30-25(33-23(20)19-12-29-22-7-2-1-6-17(19)22)32-16-5-3-4-15(11-16)31-24(34)18-9-8-14(28)10-21(18)27;;/h1-2,4,7,9-12,14,17-18H,3,5-6,8,13,29H2,(H,31,34)(H,30,32,33);1-2,6-10,12-13,15-16,29H,3-5,11,28H2,(H,31,34)(H,30,32,33);2*1H4/t17-,18+;15-,16+;;/m00../s1. The molecule has 4 atom stereocenters. The molecule has 3 aliphatic carbocycles. The van der Waals surface area contributed by atoms with E-state index in [1.165, 1.54) is 29.8 Å². The van der Waals surface area contributed by atoms with Gasteiger partial charge in [-0.25, -0.2) is 28.7 Å². The molecule has 2 fully saturated rings. The molecule has 0 radical (unpaired) electrons. The number of rotatable bonds is 10. The van der Waals surface area contributed by atoms with Crippen LogP contribution in [0.15, 0.2) is 110 Å². The average molecular weight is 989 g/mol. The Balaban J connectivity index is 0.000000201. The number of nitrogens with one attached hydrogen (secondary N) is 5. The number of hydrogen-bond acceptors (Lipinski definition) is 10. The lowest BCUT2D eigenvalue weighted by atomic mass is 9.91. The van der Waals surface area contributed by atoms with Crippen molar-refractivity contribution in [3.63, 3.8) is 0 Å². The van der Waals surface area contributed by atoms with Gasteiger partial charge in [0, 0.05) is 63.8 Å².